The highest BCUT2D eigenvalue weighted by Gasteiger charge is 2.52. The molecule has 5 aromatic carbocycles. The smallest absolute Gasteiger partial charge is 0.297 e. The Bertz CT molecular complexity index is 3030. The SMILES string of the molecule is Cc1cc2c3c(c1)N(c1ccc(C(C)(C)C)cc1)c1c(oc4cc5c(cc14)C1(C)CCC5(C)CC1)B3c1cc3c(cc1N2c1ccc2c(c1)C(C)(C)CCC2(C)C)C(C)(C)CCC3(C)C. The Kier molecular flexibility index (Phi) is 8.24. The second-order valence-electron chi connectivity index (χ2n) is 26.2. The number of nitrogens with zero attached hydrogens (tertiary/aromatic N) is 2. The maximum atomic E-state index is 7.65. The standard InChI is InChI=1S/C61H71BN2O/c1-36-29-49-52-50(30-36)64(38-17-15-37(16-18-38)55(2,3)4)53-40-32-45-46(61(14)27-25-60(45,13)26-28-61)35-51(40)65-54(53)62(52)47-33-43-44(59(11,12)24-23-58(43,9)10)34-48(47)63(49)39-19-20-41-42(31-39)57(7,8)22-21-56(41,5)6/h15-20,29-35H,21-28H2,1-14H3. The molecule has 0 spiro atoms. The van der Waals surface area contributed by atoms with Crippen molar-refractivity contribution in [2.24, 2.45) is 0 Å². The lowest BCUT2D eigenvalue weighted by Gasteiger charge is -2.52. The summed E-state index contributed by atoms with van der Waals surface area (Å²) in [4.78, 5) is 5.29. The lowest BCUT2D eigenvalue weighted by molar-refractivity contribution is 0.188. The molecule has 2 bridgehead atoms. The van der Waals surface area contributed by atoms with E-state index in [1.807, 2.05) is 0 Å². The molecule has 0 atom stereocenters. The van der Waals surface area contributed by atoms with Gasteiger partial charge in [-0.1, -0.05) is 114 Å². The van der Waals surface area contributed by atoms with Crippen LogP contribution in [0.5, 0.6) is 0 Å². The average molecular weight is 859 g/mol. The van der Waals surface area contributed by atoms with Crippen LogP contribution in [-0.2, 0) is 37.9 Å². The zero-order valence-electron chi connectivity index (χ0n) is 42.0. The van der Waals surface area contributed by atoms with Crippen LogP contribution in [-0.4, -0.2) is 6.71 Å². The summed E-state index contributed by atoms with van der Waals surface area (Å²) in [5, 5.41) is 1.26. The van der Waals surface area contributed by atoms with Gasteiger partial charge in [0.25, 0.3) is 6.71 Å². The zero-order chi connectivity index (χ0) is 45.8. The van der Waals surface area contributed by atoms with Crippen molar-refractivity contribution in [3.05, 3.63) is 123 Å². The van der Waals surface area contributed by atoms with Gasteiger partial charge >= 0.3 is 0 Å². The van der Waals surface area contributed by atoms with Crippen molar-refractivity contribution in [1.82, 2.24) is 0 Å². The highest BCUT2D eigenvalue weighted by atomic mass is 16.3. The summed E-state index contributed by atoms with van der Waals surface area (Å²) < 4.78 is 7.65. The summed E-state index contributed by atoms with van der Waals surface area (Å²) in [6, 6.07) is 32.4. The van der Waals surface area contributed by atoms with E-state index >= 15 is 0 Å². The summed E-state index contributed by atoms with van der Waals surface area (Å²) in [6.07, 6.45) is 9.76. The first-order chi connectivity index (χ1) is 30.4. The number of benzene rings is 5. The second kappa shape index (κ2) is 12.8. The van der Waals surface area contributed by atoms with Crippen LogP contribution < -0.4 is 26.4 Å². The molecule has 13 rings (SSSR count). The predicted molar refractivity (Wildman–Crippen MR) is 277 cm³/mol. The van der Waals surface area contributed by atoms with E-state index in [2.05, 4.69) is 186 Å². The molecule has 2 aliphatic heterocycles. The van der Waals surface area contributed by atoms with E-state index < -0.39 is 0 Å². The van der Waals surface area contributed by atoms with Crippen LogP contribution in [0, 0.1) is 6.92 Å². The fourth-order valence-corrected chi connectivity index (χ4v) is 14.0. The molecule has 0 unspecified atom stereocenters. The highest BCUT2D eigenvalue weighted by Crippen LogP contribution is 2.59. The molecule has 3 nitrogen and oxygen atoms in total. The molecule has 334 valence electrons. The molecule has 0 N–H and O–H groups in total. The van der Waals surface area contributed by atoms with E-state index in [0.29, 0.717) is 0 Å². The number of furan rings is 1. The summed E-state index contributed by atoms with van der Waals surface area (Å²) in [5.74, 6) is 0. The van der Waals surface area contributed by atoms with Crippen LogP contribution in [0.25, 0.3) is 11.0 Å². The first-order valence-corrected chi connectivity index (χ1v) is 25.2. The molecule has 0 saturated heterocycles. The normalized spacial score (nSPS) is 24.8. The molecule has 65 heavy (non-hydrogen) atoms. The van der Waals surface area contributed by atoms with Gasteiger partial charge in [-0.05, 0) is 206 Å². The number of aryl methyl sites for hydroxylation is 1. The minimum Gasteiger partial charge on any atom is -0.468 e. The van der Waals surface area contributed by atoms with Crippen LogP contribution in [0.3, 0.4) is 0 Å². The Hall–Kier alpha value is -4.70. The van der Waals surface area contributed by atoms with Crippen molar-refractivity contribution < 1.29 is 4.42 Å². The quantitative estimate of drug-likeness (QED) is 0.162. The van der Waals surface area contributed by atoms with Gasteiger partial charge in [-0.2, -0.15) is 0 Å². The molecular formula is C61H71BN2O. The van der Waals surface area contributed by atoms with Crippen LogP contribution >= 0.6 is 0 Å². The molecule has 1 fully saturated rings. The summed E-state index contributed by atoms with van der Waals surface area (Å²) in [7, 11) is 0. The van der Waals surface area contributed by atoms with Crippen molar-refractivity contribution >= 4 is 68.4 Å². The van der Waals surface area contributed by atoms with Crippen LogP contribution in [0.1, 0.15) is 186 Å². The Labute approximate surface area is 390 Å². The van der Waals surface area contributed by atoms with Crippen molar-refractivity contribution in [1.29, 1.82) is 0 Å². The topological polar surface area (TPSA) is 19.6 Å². The molecule has 3 heterocycles. The largest absolute Gasteiger partial charge is 0.468 e. The zero-order valence-corrected chi connectivity index (χ0v) is 42.0. The Morgan fingerprint density at radius 3 is 1.58 bits per heavy atom. The first kappa shape index (κ1) is 41.7. The summed E-state index contributed by atoms with van der Waals surface area (Å²) in [5.41, 5.74) is 24.9. The van der Waals surface area contributed by atoms with Gasteiger partial charge in [-0.25, -0.2) is 0 Å². The van der Waals surface area contributed by atoms with Crippen molar-refractivity contribution in [3.63, 3.8) is 0 Å². The highest BCUT2D eigenvalue weighted by molar-refractivity contribution is 7.00. The van der Waals surface area contributed by atoms with Gasteiger partial charge in [0.2, 0.25) is 0 Å². The van der Waals surface area contributed by atoms with Crippen LogP contribution in [0.4, 0.5) is 34.1 Å². The van der Waals surface area contributed by atoms with Crippen molar-refractivity contribution in [2.45, 2.75) is 186 Å². The van der Waals surface area contributed by atoms with Gasteiger partial charge in [0.05, 0.1) is 11.3 Å². The van der Waals surface area contributed by atoms with Crippen LogP contribution in [0.2, 0.25) is 0 Å². The molecule has 6 aromatic rings. The van der Waals surface area contributed by atoms with Gasteiger partial charge in [0, 0.05) is 33.8 Å². The van der Waals surface area contributed by atoms with E-state index in [0.717, 1.165) is 11.2 Å². The number of hydrogen-bond acceptors (Lipinski definition) is 3. The van der Waals surface area contributed by atoms with E-state index in [9.17, 15) is 0 Å². The number of fused-ring (bicyclic) bond motifs is 10. The first-order valence-electron chi connectivity index (χ1n) is 25.2. The van der Waals surface area contributed by atoms with Gasteiger partial charge in [0.1, 0.15) is 5.58 Å². The minimum absolute atomic E-state index is 0.0514. The van der Waals surface area contributed by atoms with Crippen LogP contribution in [0.15, 0.2) is 83.3 Å². The third-order valence-corrected chi connectivity index (χ3v) is 18.8. The molecule has 4 heteroatoms. The van der Waals surface area contributed by atoms with E-state index in [-0.39, 0.29) is 44.6 Å². The summed E-state index contributed by atoms with van der Waals surface area (Å²) >= 11 is 0. The van der Waals surface area contributed by atoms with Gasteiger partial charge in [-0.15, -0.1) is 0 Å². The van der Waals surface area contributed by atoms with Crippen molar-refractivity contribution in [2.75, 3.05) is 9.80 Å². The minimum atomic E-state index is -0.0709. The van der Waals surface area contributed by atoms with E-state index in [1.165, 1.54) is 141 Å². The Balaban J connectivity index is 1.20. The third-order valence-electron chi connectivity index (χ3n) is 18.8. The molecule has 1 aromatic heterocycles. The predicted octanol–water partition coefficient (Wildman–Crippen LogP) is 14.9. The van der Waals surface area contributed by atoms with Crippen molar-refractivity contribution in [3.8, 4) is 0 Å². The Morgan fingerprint density at radius 1 is 0.492 bits per heavy atom. The number of hydrogen-bond donors (Lipinski definition) is 0. The molecule has 1 saturated carbocycles. The lowest BCUT2D eigenvalue weighted by atomic mass is 9.35. The van der Waals surface area contributed by atoms with Gasteiger partial charge in [0.15, 0.2) is 0 Å². The molecular weight excluding hydrogens is 787 g/mol. The molecule has 7 aliphatic rings. The third kappa shape index (κ3) is 5.73. The fourth-order valence-electron chi connectivity index (χ4n) is 14.0. The summed E-state index contributed by atoms with van der Waals surface area (Å²) in [6.45, 7) is 34.0. The monoisotopic (exact) mass is 859 g/mol. The maximum Gasteiger partial charge on any atom is 0.297 e. The van der Waals surface area contributed by atoms with E-state index in [1.54, 1.807) is 5.56 Å². The Morgan fingerprint density at radius 2 is 1.00 bits per heavy atom. The lowest BCUT2D eigenvalue weighted by Crippen LogP contribution is -2.61. The molecule has 0 radical (unpaired) electrons. The number of anilines is 6. The maximum absolute atomic E-state index is 7.65. The number of rotatable bonds is 2. The second-order valence-corrected chi connectivity index (χ2v) is 26.2. The molecule has 0 amide bonds. The molecule has 5 aliphatic carbocycles. The van der Waals surface area contributed by atoms with Gasteiger partial charge < -0.3 is 14.2 Å². The van der Waals surface area contributed by atoms with Gasteiger partial charge in [-0.3, -0.25) is 0 Å². The van der Waals surface area contributed by atoms with E-state index in [4.69, 9.17) is 4.42 Å². The fraction of sp³-hybridized carbons (Fsp3) is 0.475. The average Bonchev–Trinajstić information content (AvgIpc) is 3.62.